The van der Waals surface area contributed by atoms with Crippen LogP contribution in [0.2, 0.25) is 0 Å². The van der Waals surface area contributed by atoms with Crippen LogP contribution in [-0.2, 0) is 11.2 Å². The zero-order chi connectivity index (χ0) is 10.7. The van der Waals surface area contributed by atoms with Gasteiger partial charge in [0.1, 0.15) is 0 Å². The van der Waals surface area contributed by atoms with Crippen LogP contribution in [0.1, 0.15) is 5.56 Å². The van der Waals surface area contributed by atoms with Crippen LogP contribution in [0.15, 0.2) is 41.8 Å². The summed E-state index contributed by atoms with van der Waals surface area (Å²) in [5.74, 6) is -1.04. The Kier molecular flexibility index (Phi) is 2.83. The van der Waals surface area contributed by atoms with Gasteiger partial charge < -0.3 is 9.90 Å². The van der Waals surface area contributed by atoms with E-state index in [4.69, 9.17) is 0 Å². The molecule has 2 rings (SSSR count). The van der Waals surface area contributed by atoms with Crippen molar-refractivity contribution in [2.45, 2.75) is 6.42 Å². The molecule has 0 radical (unpaired) electrons. The fourth-order valence-electron chi connectivity index (χ4n) is 1.47. The van der Waals surface area contributed by atoms with E-state index in [0.717, 1.165) is 16.0 Å². The number of carbonyl (C=O) groups is 1. The van der Waals surface area contributed by atoms with E-state index in [1.807, 2.05) is 41.8 Å². The average Bonchev–Trinajstić information content (AvgIpc) is 2.66. The molecule has 1 aromatic heterocycles. The van der Waals surface area contributed by atoms with Gasteiger partial charge in [0.15, 0.2) is 0 Å². The Morgan fingerprint density at radius 1 is 1.20 bits per heavy atom. The number of carbonyl (C=O) groups excluding carboxylic acids is 1. The zero-order valence-corrected chi connectivity index (χ0v) is 8.79. The van der Waals surface area contributed by atoms with E-state index in [9.17, 15) is 9.90 Å². The first-order valence-electron chi connectivity index (χ1n) is 4.59. The first-order chi connectivity index (χ1) is 7.27. The molecular formula is C12H9O2S-. The summed E-state index contributed by atoms with van der Waals surface area (Å²) in [5, 5.41) is 12.4. The van der Waals surface area contributed by atoms with Gasteiger partial charge in [-0.15, -0.1) is 11.3 Å². The van der Waals surface area contributed by atoms with Crippen LogP contribution >= 0.6 is 11.3 Å². The highest BCUT2D eigenvalue weighted by molar-refractivity contribution is 7.13. The maximum absolute atomic E-state index is 10.5. The molecular weight excluding hydrogens is 208 g/mol. The molecule has 0 saturated heterocycles. The van der Waals surface area contributed by atoms with Gasteiger partial charge in [-0.2, -0.15) is 0 Å². The van der Waals surface area contributed by atoms with Crippen molar-refractivity contribution in [3.05, 3.63) is 47.3 Å². The number of carboxylic acids is 1. The molecule has 0 atom stereocenters. The van der Waals surface area contributed by atoms with E-state index in [0.29, 0.717) is 0 Å². The molecule has 0 aliphatic rings. The van der Waals surface area contributed by atoms with E-state index >= 15 is 0 Å². The number of aliphatic carboxylic acids is 1. The molecule has 0 spiro atoms. The molecule has 0 aliphatic heterocycles. The highest BCUT2D eigenvalue weighted by atomic mass is 32.1. The molecule has 0 aliphatic carbocycles. The third-order valence-corrected chi connectivity index (χ3v) is 3.12. The lowest BCUT2D eigenvalue weighted by Crippen LogP contribution is -2.24. The predicted molar refractivity (Wildman–Crippen MR) is 58.5 cm³/mol. The molecule has 0 amide bonds. The molecule has 2 nitrogen and oxygen atoms in total. The van der Waals surface area contributed by atoms with Crippen LogP contribution in [0.5, 0.6) is 0 Å². The van der Waals surface area contributed by atoms with E-state index < -0.39 is 5.97 Å². The van der Waals surface area contributed by atoms with Crippen molar-refractivity contribution in [2.75, 3.05) is 0 Å². The van der Waals surface area contributed by atoms with Crippen molar-refractivity contribution in [2.24, 2.45) is 0 Å². The van der Waals surface area contributed by atoms with Gasteiger partial charge in [-0.3, -0.25) is 0 Å². The van der Waals surface area contributed by atoms with Crippen molar-refractivity contribution in [3.63, 3.8) is 0 Å². The molecule has 76 valence electrons. The highest BCUT2D eigenvalue weighted by Crippen LogP contribution is 2.29. The summed E-state index contributed by atoms with van der Waals surface area (Å²) in [7, 11) is 0. The van der Waals surface area contributed by atoms with Crippen LogP contribution in [-0.4, -0.2) is 5.97 Å². The van der Waals surface area contributed by atoms with E-state index in [2.05, 4.69) is 0 Å². The van der Waals surface area contributed by atoms with Gasteiger partial charge in [0.05, 0.1) is 0 Å². The van der Waals surface area contributed by atoms with Crippen molar-refractivity contribution >= 4 is 17.3 Å². The Morgan fingerprint density at radius 3 is 2.60 bits per heavy atom. The number of rotatable bonds is 3. The summed E-state index contributed by atoms with van der Waals surface area (Å²) < 4.78 is 0. The number of benzene rings is 1. The number of carboxylic acid groups (broad SMARTS) is 1. The zero-order valence-electron chi connectivity index (χ0n) is 7.97. The Morgan fingerprint density at radius 2 is 1.93 bits per heavy atom. The minimum atomic E-state index is -1.04. The van der Waals surface area contributed by atoms with Gasteiger partial charge in [0.25, 0.3) is 0 Å². The SMILES string of the molecule is O=C([O-])Cc1ccsc1-c1ccccc1. The summed E-state index contributed by atoms with van der Waals surface area (Å²) >= 11 is 1.55. The number of hydrogen-bond acceptors (Lipinski definition) is 3. The van der Waals surface area contributed by atoms with E-state index in [-0.39, 0.29) is 6.42 Å². The van der Waals surface area contributed by atoms with Crippen molar-refractivity contribution in [3.8, 4) is 10.4 Å². The topological polar surface area (TPSA) is 40.1 Å². The minimum Gasteiger partial charge on any atom is -0.550 e. The molecule has 15 heavy (non-hydrogen) atoms. The monoisotopic (exact) mass is 217 g/mol. The molecule has 0 bridgehead atoms. The third kappa shape index (κ3) is 2.25. The third-order valence-electron chi connectivity index (χ3n) is 2.12. The van der Waals surface area contributed by atoms with Gasteiger partial charge in [0.2, 0.25) is 0 Å². The maximum Gasteiger partial charge on any atom is 0.0458 e. The van der Waals surface area contributed by atoms with Gasteiger partial charge >= 0.3 is 0 Å². The molecule has 1 aromatic carbocycles. The Hall–Kier alpha value is -1.61. The van der Waals surface area contributed by atoms with Gasteiger partial charge in [-0.1, -0.05) is 30.3 Å². The van der Waals surface area contributed by atoms with Crippen molar-refractivity contribution < 1.29 is 9.90 Å². The number of hydrogen-bond donors (Lipinski definition) is 0. The molecule has 0 saturated carbocycles. The van der Waals surface area contributed by atoms with E-state index in [1.54, 1.807) is 11.3 Å². The van der Waals surface area contributed by atoms with Gasteiger partial charge in [-0.25, -0.2) is 0 Å². The van der Waals surface area contributed by atoms with Crippen LogP contribution in [0.25, 0.3) is 10.4 Å². The Balaban J connectivity index is 2.37. The van der Waals surface area contributed by atoms with Gasteiger partial charge in [-0.05, 0) is 22.6 Å². The lowest BCUT2D eigenvalue weighted by Gasteiger charge is -2.04. The smallest absolute Gasteiger partial charge is 0.0458 e. The molecule has 0 fully saturated rings. The van der Waals surface area contributed by atoms with Crippen LogP contribution in [0.3, 0.4) is 0 Å². The van der Waals surface area contributed by atoms with Crippen molar-refractivity contribution in [1.29, 1.82) is 0 Å². The van der Waals surface area contributed by atoms with Crippen LogP contribution in [0, 0.1) is 0 Å². The Bertz CT molecular complexity index is 459. The Labute approximate surface area is 91.8 Å². The minimum absolute atomic E-state index is 0.0201. The van der Waals surface area contributed by atoms with Crippen LogP contribution in [0.4, 0.5) is 0 Å². The number of thiophene rings is 1. The van der Waals surface area contributed by atoms with Crippen molar-refractivity contribution in [1.82, 2.24) is 0 Å². The highest BCUT2D eigenvalue weighted by Gasteiger charge is 2.06. The van der Waals surface area contributed by atoms with Gasteiger partial charge in [0, 0.05) is 17.3 Å². The molecule has 3 heteroatoms. The van der Waals surface area contributed by atoms with Crippen LogP contribution < -0.4 is 5.11 Å². The average molecular weight is 217 g/mol. The molecule has 2 aromatic rings. The predicted octanol–water partition coefficient (Wildman–Crippen LogP) is 1.71. The quantitative estimate of drug-likeness (QED) is 0.785. The second-order valence-corrected chi connectivity index (χ2v) is 4.11. The molecule has 1 heterocycles. The summed E-state index contributed by atoms with van der Waals surface area (Å²) in [5.41, 5.74) is 1.88. The second-order valence-electron chi connectivity index (χ2n) is 3.19. The fourth-order valence-corrected chi connectivity index (χ4v) is 2.41. The summed E-state index contributed by atoms with van der Waals surface area (Å²) in [6, 6.07) is 11.6. The molecule has 0 N–H and O–H groups in total. The largest absolute Gasteiger partial charge is 0.550 e. The second kappa shape index (κ2) is 4.28. The summed E-state index contributed by atoms with van der Waals surface area (Å²) in [4.78, 5) is 11.6. The first kappa shape index (κ1) is 9.93. The molecule has 0 unspecified atom stereocenters. The maximum atomic E-state index is 10.5. The normalized spacial score (nSPS) is 10.1. The fraction of sp³-hybridized carbons (Fsp3) is 0.0833. The lowest BCUT2D eigenvalue weighted by molar-refractivity contribution is -0.304. The summed E-state index contributed by atoms with van der Waals surface area (Å²) in [6.45, 7) is 0. The van der Waals surface area contributed by atoms with E-state index in [1.165, 1.54) is 0 Å². The first-order valence-corrected chi connectivity index (χ1v) is 5.47. The standard InChI is InChI=1S/C12H10O2S/c13-11(14)8-10-6-7-15-12(10)9-4-2-1-3-5-9/h1-7H,8H2,(H,13,14)/p-1. The summed E-state index contributed by atoms with van der Waals surface area (Å²) in [6.07, 6.45) is -0.0201. The lowest BCUT2D eigenvalue weighted by atomic mass is 10.1.